The fourth-order valence-corrected chi connectivity index (χ4v) is 2.34. The van der Waals surface area contributed by atoms with Gasteiger partial charge in [0.1, 0.15) is 12.6 Å². The first-order chi connectivity index (χ1) is 9.73. The average molecular weight is 289 g/mol. The molecule has 0 radical (unpaired) electrons. The van der Waals surface area contributed by atoms with Crippen LogP contribution in [-0.2, 0) is 19.8 Å². The summed E-state index contributed by atoms with van der Waals surface area (Å²) in [4.78, 5) is 37.3. The minimum atomic E-state index is -0.847. The van der Waals surface area contributed by atoms with Crippen molar-refractivity contribution in [3.8, 4) is 0 Å². The zero-order chi connectivity index (χ0) is 15.8. The minimum Gasteiger partial charge on any atom is -0.399 e. The fourth-order valence-electron chi connectivity index (χ4n) is 2.34. The maximum atomic E-state index is 12.8. The maximum Gasteiger partial charge on any atom is 0.249 e. The highest BCUT2D eigenvalue weighted by molar-refractivity contribution is 6.05. The third-order valence-corrected chi connectivity index (χ3v) is 3.85. The Labute approximate surface area is 123 Å². The lowest BCUT2D eigenvalue weighted by Crippen LogP contribution is -2.61. The van der Waals surface area contributed by atoms with E-state index in [0.29, 0.717) is 5.69 Å². The van der Waals surface area contributed by atoms with Crippen molar-refractivity contribution in [2.75, 3.05) is 12.3 Å². The molecule has 1 aromatic rings. The van der Waals surface area contributed by atoms with Gasteiger partial charge in [-0.15, -0.1) is 0 Å². The summed E-state index contributed by atoms with van der Waals surface area (Å²) in [6.07, 6.45) is 0. The van der Waals surface area contributed by atoms with Gasteiger partial charge in [0.05, 0.1) is 5.41 Å². The van der Waals surface area contributed by atoms with Gasteiger partial charge in [-0.1, -0.05) is 12.1 Å². The van der Waals surface area contributed by atoms with Gasteiger partial charge >= 0.3 is 0 Å². The van der Waals surface area contributed by atoms with Gasteiger partial charge in [0.2, 0.25) is 17.7 Å². The number of rotatable bonds is 2. The zero-order valence-electron chi connectivity index (χ0n) is 12.3. The van der Waals surface area contributed by atoms with E-state index in [0.717, 1.165) is 5.56 Å². The number of nitrogens with two attached hydrogens (primary N) is 1. The van der Waals surface area contributed by atoms with Crippen molar-refractivity contribution in [1.82, 2.24) is 10.2 Å². The largest absolute Gasteiger partial charge is 0.399 e. The summed E-state index contributed by atoms with van der Waals surface area (Å²) in [5.74, 6) is -1.17. The number of imide groups is 1. The lowest BCUT2D eigenvalue weighted by Gasteiger charge is -2.37. The smallest absolute Gasteiger partial charge is 0.249 e. The van der Waals surface area contributed by atoms with Crippen LogP contribution in [0.1, 0.15) is 26.3 Å². The monoisotopic (exact) mass is 289 g/mol. The number of carbonyl (C=O) groups excluding carboxylic acids is 3. The van der Waals surface area contributed by atoms with Crippen LogP contribution in [0.4, 0.5) is 5.69 Å². The molecule has 1 aromatic carbocycles. The number of benzene rings is 1. The fraction of sp³-hybridized carbons (Fsp3) is 0.400. The molecule has 0 aliphatic carbocycles. The summed E-state index contributed by atoms with van der Waals surface area (Å²) in [6, 6.07) is 6.35. The van der Waals surface area contributed by atoms with E-state index in [1.165, 1.54) is 4.90 Å². The van der Waals surface area contributed by atoms with Gasteiger partial charge in [-0.3, -0.25) is 19.7 Å². The molecule has 6 heteroatoms. The predicted molar refractivity (Wildman–Crippen MR) is 78.2 cm³/mol. The lowest BCUT2D eigenvalue weighted by atomic mass is 9.82. The first-order valence-electron chi connectivity index (χ1n) is 6.74. The molecular weight excluding hydrogens is 270 g/mol. The van der Waals surface area contributed by atoms with Crippen molar-refractivity contribution < 1.29 is 14.4 Å². The van der Waals surface area contributed by atoms with Crippen LogP contribution in [-0.4, -0.2) is 35.2 Å². The van der Waals surface area contributed by atoms with Crippen LogP contribution in [0.15, 0.2) is 24.3 Å². The first-order valence-corrected chi connectivity index (χ1v) is 6.74. The van der Waals surface area contributed by atoms with E-state index in [2.05, 4.69) is 5.32 Å². The van der Waals surface area contributed by atoms with Gasteiger partial charge in [-0.05, 0) is 38.5 Å². The van der Waals surface area contributed by atoms with Gasteiger partial charge in [-0.2, -0.15) is 0 Å². The van der Waals surface area contributed by atoms with Crippen molar-refractivity contribution in [3.63, 3.8) is 0 Å². The Bertz CT molecular complexity index is 593. The molecule has 3 amide bonds. The molecule has 2 rings (SSSR count). The highest BCUT2D eigenvalue weighted by Crippen LogP contribution is 2.27. The zero-order valence-corrected chi connectivity index (χ0v) is 12.3. The second kappa shape index (κ2) is 5.20. The van der Waals surface area contributed by atoms with Crippen LogP contribution < -0.4 is 11.1 Å². The Morgan fingerprint density at radius 1 is 1.29 bits per heavy atom. The number of carbonyl (C=O) groups is 3. The van der Waals surface area contributed by atoms with Gasteiger partial charge in [0.25, 0.3) is 0 Å². The number of hydrogen-bond donors (Lipinski definition) is 2. The molecule has 0 aromatic heterocycles. The summed E-state index contributed by atoms with van der Waals surface area (Å²) in [5.41, 5.74) is 6.21. The van der Waals surface area contributed by atoms with E-state index in [1.807, 2.05) is 0 Å². The molecule has 6 nitrogen and oxygen atoms in total. The van der Waals surface area contributed by atoms with E-state index in [-0.39, 0.29) is 12.5 Å². The molecule has 1 atom stereocenters. The first kappa shape index (κ1) is 15.0. The topological polar surface area (TPSA) is 92.5 Å². The van der Waals surface area contributed by atoms with Crippen molar-refractivity contribution in [3.05, 3.63) is 29.8 Å². The number of hydrogen-bond acceptors (Lipinski definition) is 4. The van der Waals surface area contributed by atoms with Crippen molar-refractivity contribution in [2.45, 2.75) is 32.2 Å². The molecule has 112 valence electrons. The molecule has 3 N–H and O–H groups in total. The SMILES string of the molecule is CC1C(=O)NC(=O)CN1C(=O)C(C)(C)c1ccc(N)cc1. The van der Waals surface area contributed by atoms with Crippen LogP contribution >= 0.6 is 0 Å². The Morgan fingerprint density at radius 3 is 2.43 bits per heavy atom. The second-order valence-electron chi connectivity index (χ2n) is 5.77. The highest BCUT2D eigenvalue weighted by atomic mass is 16.2. The third kappa shape index (κ3) is 2.74. The number of anilines is 1. The predicted octanol–water partition coefficient (Wildman–Crippen LogP) is 0.420. The number of nitrogen functional groups attached to an aromatic ring is 1. The van der Waals surface area contributed by atoms with Gasteiger partial charge in [-0.25, -0.2) is 0 Å². The third-order valence-electron chi connectivity index (χ3n) is 3.85. The molecular formula is C15H19N3O3. The number of piperazine rings is 1. The van der Waals surface area contributed by atoms with E-state index < -0.39 is 23.3 Å². The molecule has 0 saturated carbocycles. The summed E-state index contributed by atoms with van der Waals surface area (Å²) in [6.45, 7) is 5.04. The summed E-state index contributed by atoms with van der Waals surface area (Å²) >= 11 is 0. The Balaban J connectivity index is 2.30. The van der Waals surface area contributed by atoms with E-state index >= 15 is 0 Å². The summed E-state index contributed by atoms with van der Waals surface area (Å²) < 4.78 is 0. The maximum absolute atomic E-state index is 12.8. The van der Waals surface area contributed by atoms with E-state index in [4.69, 9.17) is 5.73 Å². The van der Waals surface area contributed by atoms with Crippen LogP contribution in [0.2, 0.25) is 0 Å². The Kier molecular flexibility index (Phi) is 3.72. The Hall–Kier alpha value is -2.37. The Morgan fingerprint density at radius 2 is 1.86 bits per heavy atom. The van der Waals surface area contributed by atoms with Gasteiger partial charge in [0.15, 0.2) is 0 Å². The van der Waals surface area contributed by atoms with Crippen molar-refractivity contribution in [2.24, 2.45) is 0 Å². The molecule has 1 heterocycles. The number of nitrogens with zero attached hydrogens (tertiary/aromatic N) is 1. The highest BCUT2D eigenvalue weighted by Gasteiger charge is 2.40. The second-order valence-corrected chi connectivity index (χ2v) is 5.77. The number of nitrogens with one attached hydrogen (secondary N) is 1. The molecule has 0 spiro atoms. The van der Waals surface area contributed by atoms with E-state index in [1.54, 1.807) is 45.0 Å². The molecule has 1 unspecified atom stereocenters. The van der Waals surface area contributed by atoms with Gasteiger partial charge in [0, 0.05) is 5.69 Å². The molecule has 21 heavy (non-hydrogen) atoms. The van der Waals surface area contributed by atoms with Crippen LogP contribution in [0.3, 0.4) is 0 Å². The van der Waals surface area contributed by atoms with Crippen LogP contribution in [0, 0.1) is 0 Å². The summed E-state index contributed by atoms with van der Waals surface area (Å²) in [7, 11) is 0. The molecule has 0 bridgehead atoms. The molecule has 1 saturated heterocycles. The lowest BCUT2D eigenvalue weighted by molar-refractivity contribution is -0.152. The van der Waals surface area contributed by atoms with Crippen LogP contribution in [0.25, 0.3) is 0 Å². The quantitative estimate of drug-likeness (QED) is 0.609. The summed E-state index contributed by atoms with van der Waals surface area (Å²) in [5, 5.41) is 2.22. The average Bonchev–Trinajstić information content (AvgIpc) is 2.42. The number of amides is 3. The van der Waals surface area contributed by atoms with Gasteiger partial charge < -0.3 is 10.6 Å². The van der Waals surface area contributed by atoms with Crippen molar-refractivity contribution >= 4 is 23.4 Å². The minimum absolute atomic E-state index is 0.107. The molecule has 1 aliphatic rings. The van der Waals surface area contributed by atoms with Crippen molar-refractivity contribution in [1.29, 1.82) is 0 Å². The van der Waals surface area contributed by atoms with E-state index in [9.17, 15) is 14.4 Å². The standard InChI is InChI=1S/C15H19N3O3/c1-9-13(20)17-12(19)8-18(9)14(21)15(2,3)10-4-6-11(16)7-5-10/h4-7,9H,8,16H2,1-3H3,(H,17,19,20). The normalized spacial score (nSPS) is 19.4. The van der Waals surface area contributed by atoms with Crippen LogP contribution in [0.5, 0.6) is 0 Å². The molecule has 1 fully saturated rings. The molecule has 1 aliphatic heterocycles.